The fourth-order valence-electron chi connectivity index (χ4n) is 4.01. The molecule has 1 heterocycles. The van der Waals surface area contributed by atoms with Crippen LogP contribution in [0.4, 0.5) is 0 Å². The molecule has 0 aliphatic rings. The summed E-state index contributed by atoms with van der Waals surface area (Å²) >= 11 is 0. The fraction of sp³-hybridized carbons (Fsp3) is 0.160. The van der Waals surface area contributed by atoms with Crippen molar-refractivity contribution in [3.8, 4) is 0 Å². The van der Waals surface area contributed by atoms with Crippen molar-refractivity contribution in [1.29, 1.82) is 5.41 Å². The molecule has 0 amide bonds. The monoisotopic (exact) mass is 352 g/mol. The molecule has 0 aliphatic heterocycles. The van der Waals surface area contributed by atoms with Crippen LogP contribution in [0.5, 0.6) is 0 Å². The summed E-state index contributed by atoms with van der Waals surface area (Å²) in [6.07, 6.45) is 2.13. The van der Waals surface area contributed by atoms with Gasteiger partial charge in [0.1, 0.15) is 0 Å². The van der Waals surface area contributed by atoms with Crippen molar-refractivity contribution in [2.45, 2.75) is 26.8 Å². The van der Waals surface area contributed by atoms with Gasteiger partial charge in [-0.1, -0.05) is 66.7 Å². The number of nitrogens with zero attached hydrogens (tertiary/aromatic N) is 1. The fourth-order valence-corrected chi connectivity index (χ4v) is 4.01. The maximum absolute atomic E-state index is 8.63. The Hall–Kier alpha value is -3.13. The summed E-state index contributed by atoms with van der Waals surface area (Å²) in [5.74, 6) is 0. The van der Waals surface area contributed by atoms with Crippen molar-refractivity contribution in [2.75, 3.05) is 0 Å². The lowest BCUT2D eigenvalue weighted by molar-refractivity contribution is 0.693. The molecule has 1 aromatic heterocycles. The van der Waals surface area contributed by atoms with E-state index in [1.807, 2.05) is 6.92 Å². The average Bonchev–Trinajstić information content (AvgIpc) is 2.67. The molecular formula is C25H24N2. The van der Waals surface area contributed by atoms with Gasteiger partial charge in [-0.05, 0) is 54.7 Å². The number of rotatable bonds is 3. The maximum Gasteiger partial charge on any atom is 0.0839 e. The van der Waals surface area contributed by atoms with Crippen LogP contribution in [0.15, 0.2) is 79.0 Å². The lowest BCUT2D eigenvalue weighted by atomic mass is 9.96. The highest BCUT2D eigenvalue weighted by molar-refractivity contribution is 5.84. The minimum absolute atomic E-state index is 0.0652. The second-order valence-electron chi connectivity index (χ2n) is 7.29. The van der Waals surface area contributed by atoms with E-state index in [1.54, 1.807) is 0 Å². The molecule has 0 bridgehead atoms. The van der Waals surface area contributed by atoms with E-state index in [-0.39, 0.29) is 6.04 Å². The predicted molar refractivity (Wildman–Crippen MR) is 112 cm³/mol. The average molecular weight is 352 g/mol. The Kier molecular flexibility index (Phi) is 4.41. The summed E-state index contributed by atoms with van der Waals surface area (Å²) in [4.78, 5) is 0. The Bertz CT molecular complexity index is 1120. The number of hydrogen-bond acceptors (Lipinski definition) is 1. The summed E-state index contributed by atoms with van der Waals surface area (Å²) in [6.45, 7) is 6.27. The van der Waals surface area contributed by atoms with Crippen LogP contribution in [0.2, 0.25) is 0 Å². The first-order chi connectivity index (χ1) is 13.1. The molecule has 27 heavy (non-hydrogen) atoms. The van der Waals surface area contributed by atoms with Crippen LogP contribution < -0.4 is 5.36 Å². The molecule has 3 aromatic carbocycles. The molecule has 0 unspecified atom stereocenters. The molecule has 0 atom stereocenters. The summed E-state index contributed by atoms with van der Waals surface area (Å²) in [5.41, 5.74) is 6.97. The van der Waals surface area contributed by atoms with Gasteiger partial charge in [0, 0.05) is 11.6 Å². The molecule has 2 heteroatoms. The molecule has 4 rings (SSSR count). The first-order valence-electron chi connectivity index (χ1n) is 9.33. The van der Waals surface area contributed by atoms with Crippen molar-refractivity contribution in [2.24, 2.45) is 0 Å². The van der Waals surface area contributed by atoms with E-state index in [1.165, 1.54) is 16.7 Å². The molecule has 0 saturated carbocycles. The number of benzene rings is 3. The lowest BCUT2D eigenvalue weighted by Crippen LogP contribution is -2.19. The SMILES string of the molecule is Cc1cc(C)c2c(=N)c(C)cn(C(c3ccccc3)c3ccccc3)c2c1. The van der Waals surface area contributed by atoms with Crippen LogP contribution in [-0.2, 0) is 0 Å². The van der Waals surface area contributed by atoms with Crippen molar-refractivity contribution in [1.82, 2.24) is 4.57 Å². The summed E-state index contributed by atoms with van der Waals surface area (Å²) in [6, 6.07) is 25.7. The van der Waals surface area contributed by atoms with E-state index in [9.17, 15) is 0 Å². The van der Waals surface area contributed by atoms with Gasteiger partial charge in [-0.3, -0.25) is 5.41 Å². The zero-order valence-electron chi connectivity index (χ0n) is 16.0. The van der Waals surface area contributed by atoms with Gasteiger partial charge < -0.3 is 4.57 Å². The first-order valence-corrected chi connectivity index (χ1v) is 9.33. The van der Waals surface area contributed by atoms with Gasteiger partial charge in [-0.15, -0.1) is 0 Å². The standard InChI is InChI=1S/C25H24N2/c1-17-14-18(2)23-22(15-17)27(16-19(3)24(23)26)25(20-10-6-4-7-11-20)21-12-8-5-9-13-21/h4-16,25-26H,1-3H3. The summed E-state index contributed by atoms with van der Waals surface area (Å²) < 4.78 is 2.34. The lowest BCUT2D eigenvalue weighted by Gasteiger charge is -2.25. The van der Waals surface area contributed by atoms with Crippen LogP contribution in [0, 0.1) is 26.2 Å². The highest BCUT2D eigenvalue weighted by atomic mass is 15.0. The van der Waals surface area contributed by atoms with E-state index in [0.29, 0.717) is 5.36 Å². The molecule has 0 fully saturated rings. The van der Waals surface area contributed by atoms with Gasteiger partial charge >= 0.3 is 0 Å². The van der Waals surface area contributed by atoms with E-state index in [0.717, 1.165) is 22.0 Å². The Morgan fingerprint density at radius 2 is 1.30 bits per heavy atom. The van der Waals surface area contributed by atoms with Crippen molar-refractivity contribution in [3.63, 3.8) is 0 Å². The molecule has 2 nitrogen and oxygen atoms in total. The summed E-state index contributed by atoms with van der Waals surface area (Å²) in [7, 11) is 0. The summed E-state index contributed by atoms with van der Waals surface area (Å²) in [5, 5.41) is 10.3. The van der Waals surface area contributed by atoms with Gasteiger partial charge in [0.15, 0.2) is 0 Å². The van der Waals surface area contributed by atoms with Gasteiger partial charge in [0.2, 0.25) is 0 Å². The molecule has 0 spiro atoms. The molecule has 134 valence electrons. The van der Waals surface area contributed by atoms with Crippen molar-refractivity contribution < 1.29 is 0 Å². The molecule has 0 saturated heterocycles. The van der Waals surface area contributed by atoms with E-state index in [4.69, 9.17) is 5.41 Å². The van der Waals surface area contributed by atoms with Gasteiger partial charge in [-0.25, -0.2) is 0 Å². The third kappa shape index (κ3) is 3.08. The highest BCUT2D eigenvalue weighted by Crippen LogP contribution is 2.30. The third-order valence-electron chi connectivity index (χ3n) is 5.22. The van der Waals surface area contributed by atoms with Gasteiger partial charge in [0.25, 0.3) is 0 Å². The van der Waals surface area contributed by atoms with E-state index in [2.05, 4.69) is 97.4 Å². The van der Waals surface area contributed by atoms with Crippen LogP contribution in [-0.4, -0.2) is 4.57 Å². The van der Waals surface area contributed by atoms with Crippen LogP contribution in [0.3, 0.4) is 0 Å². The number of fused-ring (bicyclic) bond motifs is 1. The topological polar surface area (TPSA) is 28.8 Å². The molecule has 0 aliphatic carbocycles. The first kappa shape index (κ1) is 17.3. The maximum atomic E-state index is 8.63. The second kappa shape index (κ2) is 6.88. The van der Waals surface area contributed by atoms with E-state index < -0.39 is 0 Å². The largest absolute Gasteiger partial charge is 0.335 e. The number of aryl methyl sites for hydroxylation is 3. The quantitative estimate of drug-likeness (QED) is 0.491. The van der Waals surface area contributed by atoms with Crippen LogP contribution in [0.1, 0.15) is 33.9 Å². The van der Waals surface area contributed by atoms with Crippen LogP contribution in [0.25, 0.3) is 10.9 Å². The Labute approximate surface area is 160 Å². The van der Waals surface area contributed by atoms with Crippen molar-refractivity contribution >= 4 is 10.9 Å². The highest BCUT2D eigenvalue weighted by Gasteiger charge is 2.19. The number of nitrogens with one attached hydrogen (secondary N) is 1. The molecule has 1 N–H and O–H groups in total. The zero-order chi connectivity index (χ0) is 19.0. The van der Waals surface area contributed by atoms with Gasteiger partial charge in [0.05, 0.1) is 16.9 Å². The molecule has 0 radical (unpaired) electrons. The normalized spacial score (nSPS) is 11.3. The number of aromatic nitrogens is 1. The van der Waals surface area contributed by atoms with E-state index >= 15 is 0 Å². The predicted octanol–water partition coefficient (Wildman–Crippen LogP) is 5.68. The Balaban J connectivity index is 2.11. The third-order valence-corrected chi connectivity index (χ3v) is 5.22. The number of pyridine rings is 1. The van der Waals surface area contributed by atoms with Crippen LogP contribution >= 0.6 is 0 Å². The van der Waals surface area contributed by atoms with Crippen molar-refractivity contribution in [3.05, 3.63) is 112 Å². The zero-order valence-corrected chi connectivity index (χ0v) is 16.0. The van der Waals surface area contributed by atoms with Gasteiger partial charge in [-0.2, -0.15) is 0 Å². The smallest absolute Gasteiger partial charge is 0.0839 e. The molecule has 4 aromatic rings. The second-order valence-corrected chi connectivity index (χ2v) is 7.29. The molecular weight excluding hydrogens is 328 g/mol. The minimum atomic E-state index is 0.0652. The minimum Gasteiger partial charge on any atom is -0.335 e. The number of hydrogen-bond donors (Lipinski definition) is 1. The Morgan fingerprint density at radius 1 is 0.741 bits per heavy atom. The Morgan fingerprint density at radius 3 is 1.85 bits per heavy atom.